The molecule has 0 aromatic heterocycles. The quantitative estimate of drug-likeness (QED) is 0.269. The molecule has 6 nitrogen and oxygen atoms in total. The zero-order valence-corrected chi connectivity index (χ0v) is 11.5. The summed E-state index contributed by atoms with van der Waals surface area (Å²) in [6.07, 6.45) is 2.47. The highest BCUT2D eigenvalue weighted by Crippen LogP contribution is 1.97. The van der Waals surface area contributed by atoms with Gasteiger partial charge in [-0.1, -0.05) is 6.42 Å². The Morgan fingerprint density at radius 2 is 1.72 bits per heavy atom. The molecular weight excluding hydrogens is 232 g/mol. The lowest BCUT2D eigenvalue weighted by molar-refractivity contribution is 0.131. The van der Waals surface area contributed by atoms with Crippen LogP contribution in [0.3, 0.4) is 0 Å². The first-order chi connectivity index (χ1) is 8.60. The summed E-state index contributed by atoms with van der Waals surface area (Å²) in [6.45, 7) is 3.71. The van der Waals surface area contributed by atoms with Gasteiger partial charge in [-0.15, -0.1) is 0 Å². The number of unbranched alkanes of at least 4 members (excludes halogenated alkanes) is 2. The standard InChI is InChI=1S/C12H30N4O2/c1-16(10-12(18)8-14)6-4-2-3-5-15-9-11(17)7-13/h11-12,15,17-18H,2-10,13-14H2,1H3. The summed E-state index contributed by atoms with van der Waals surface area (Å²) in [5, 5.41) is 21.7. The van der Waals surface area contributed by atoms with Gasteiger partial charge in [0.05, 0.1) is 12.2 Å². The van der Waals surface area contributed by atoms with Gasteiger partial charge in [-0.3, -0.25) is 0 Å². The first-order valence-corrected chi connectivity index (χ1v) is 6.75. The van der Waals surface area contributed by atoms with Crippen LogP contribution in [-0.4, -0.2) is 73.6 Å². The molecule has 0 aliphatic rings. The highest BCUT2D eigenvalue weighted by molar-refractivity contribution is 4.62. The number of hydrogen-bond donors (Lipinski definition) is 5. The molecule has 7 N–H and O–H groups in total. The largest absolute Gasteiger partial charge is 0.390 e. The van der Waals surface area contributed by atoms with Crippen LogP contribution in [0, 0.1) is 0 Å². The molecule has 0 bridgehead atoms. The summed E-state index contributed by atoms with van der Waals surface area (Å²) < 4.78 is 0. The Kier molecular flexibility index (Phi) is 11.7. The van der Waals surface area contributed by atoms with Gasteiger partial charge in [0, 0.05) is 26.2 Å². The van der Waals surface area contributed by atoms with Gasteiger partial charge in [0.25, 0.3) is 0 Å². The Morgan fingerprint density at radius 1 is 1.06 bits per heavy atom. The second-order valence-corrected chi connectivity index (χ2v) is 4.81. The number of aliphatic hydroxyl groups is 2. The topological polar surface area (TPSA) is 108 Å². The van der Waals surface area contributed by atoms with Crippen LogP contribution in [0.15, 0.2) is 0 Å². The third kappa shape index (κ3) is 10.9. The summed E-state index contributed by atoms with van der Waals surface area (Å²) in [5.74, 6) is 0. The molecule has 0 heterocycles. The number of nitrogens with one attached hydrogen (secondary N) is 1. The molecule has 0 fully saturated rings. The highest BCUT2D eigenvalue weighted by atomic mass is 16.3. The minimum Gasteiger partial charge on any atom is -0.390 e. The first-order valence-electron chi connectivity index (χ1n) is 6.75. The second-order valence-electron chi connectivity index (χ2n) is 4.81. The van der Waals surface area contributed by atoms with Crippen LogP contribution in [0.4, 0.5) is 0 Å². The van der Waals surface area contributed by atoms with Gasteiger partial charge in [0.2, 0.25) is 0 Å². The zero-order valence-electron chi connectivity index (χ0n) is 11.5. The number of nitrogens with two attached hydrogens (primary N) is 2. The molecule has 0 aromatic rings. The fraction of sp³-hybridized carbons (Fsp3) is 1.00. The smallest absolute Gasteiger partial charge is 0.0788 e. The third-order valence-corrected chi connectivity index (χ3v) is 2.84. The van der Waals surface area contributed by atoms with E-state index in [-0.39, 0.29) is 0 Å². The van der Waals surface area contributed by atoms with Crippen molar-refractivity contribution < 1.29 is 10.2 Å². The van der Waals surface area contributed by atoms with E-state index in [0.717, 1.165) is 32.4 Å². The van der Waals surface area contributed by atoms with Gasteiger partial charge in [0.15, 0.2) is 0 Å². The van der Waals surface area contributed by atoms with Crippen molar-refractivity contribution in [1.82, 2.24) is 10.2 Å². The van der Waals surface area contributed by atoms with Crippen LogP contribution >= 0.6 is 0 Å². The van der Waals surface area contributed by atoms with Crippen LogP contribution in [0.2, 0.25) is 0 Å². The van der Waals surface area contributed by atoms with Crippen molar-refractivity contribution in [2.45, 2.75) is 31.5 Å². The highest BCUT2D eigenvalue weighted by Gasteiger charge is 2.05. The van der Waals surface area contributed by atoms with Crippen molar-refractivity contribution in [3.05, 3.63) is 0 Å². The van der Waals surface area contributed by atoms with Gasteiger partial charge in [0.1, 0.15) is 0 Å². The lowest BCUT2D eigenvalue weighted by atomic mass is 10.2. The SMILES string of the molecule is CN(CCCCCNCC(O)CN)CC(O)CN. The van der Waals surface area contributed by atoms with Crippen molar-refractivity contribution >= 4 is 0 Å². The fourth-order valence-corrected chi connectivity index (χ4v) is 1.69. The Morgan fingerprint density at radius 3 is 2.33 bits per heavy atom. The normalized spacial score (nSPS) is 15.0. The molecule has 18 heavy (non-hydrogen) atoms. The minimum atomic E-state index is -0.436. The molecule has 0 aliphatic carbocycles. The summed E-state index contributed by atoms with van der Waals surface area (Å²) in [7, 11) is 1.99. The Balaban J connectivity index is 3.24. The fourth-order valence-electron chi connectivity index (χ4n) is 1.69. The van der Waals surface area contributed by atoms with E-state index in [4.69, 9.17) is 11.5 Å². The van der Waals surface area contributed by atoms with Gasteiger partial charge >= 0.3 is 0 Å². The molecule has 0 spiro atoms. The van der Waals surface area contributed by atoms with Crippen molar-refractivity contribution in [3.8, 4) is 0 Å². The third-order valence-electron chi connectivity index (χ3n) is 2.84. The first kappa shape index (κ1) is 17.8. The molecule has 0 aliphatic heterocycles. The van der Waals surface area contributed by atoms with Gasteiger partial charge in [-0.2, -0.15) is 0 Å². The summed E-state index contributed by atoms with van der Waals surface area (Å²) >= 11 is 0. The lowest BCUT2D eigenvalue weighted by Crippen LogP contribution is -2.34. The van der Waals surface area contributed by atoms with E-state index in [1.54, 1.807) is 0 Å². The van der Waals surface area contributed by atoms with Crippen molar-refractivity contribution in [2.24, 2.45) is 11.5 Å². The van der Waals surface area contributed by atoms with Crippen molar-refractivity contribution in [1.29, 1.82) is 0 Å². The molecule has 6 heteroatoms. The van der Waals surface area contributed by atoms with Crippen LogP contribution in [0.5, 0.6) is 0 Å². The maximum atomic E-state index is 9.37. The van der Waals surface area contributed by atoms with E-state index in [0.29, 0.717) is 26.2 Å². The van der Waals surface area contributed by atoms with Gasteiger partial charge in [-0.05, 0) is 33.0 Å². The van der Waals surface area contributed by atoms with E-state index in [1.165, 1.54) is 0 Å². The van der Waals surface area contributed by atoms with Gasteiger partial charge in [-0.25, -0.2) is 0 Å². The van der Waals surface area contributed by atoms with E-state index in [9.17, 15) is 10.2 Å². The molecule has 0 saturated carbocycles. The van der Waals surface area contributed by atoms with Crippen LogP contribution in [0.25, 0.3) is 0 Å². The molecule has 0 rings (SSSR count). The summed E-state index contributed by atoms with van der Waals surface area (Å²) in [5.41, 5.74) is 10.6. The number of aliphatic hydroxyl groups excluding tert-OH is 2. The van der Waals surface area contributed by atoms with Crippen LogP contribution in [0.1, 0.15) is 19.3 Å². The Labute approximate surface area is 110 Å². The molecule has 0 aromatic carbocycles. The van der Waals surface area contributed by atoms with Crippen molar-refractivity contribution in [3.63, 3.8) is 0 Å². The van der Waals surface area contributed by atoms with Crippen molar-refractivity contribution in [2.75, 3.05) is 46.3 Å². The molecule has 2 unspecified atom stereocenters. The predicted molar refractivity (Wildman–Crippen MR) is 74.3 cm³/mol. The number of likely N-dealkylation sites (N-methyl/N-ethyl adjacent to an activating group) is 1. The molecular formula is C12H30N4O2. The Bertz CT molecular complexity index is 183. The van der Waals surface area contributed by atoms with Crippen LogP contribution in [-0.2, 0) is 0 Å². The maximum absolute atomic E-state index is 9.37. The lowest BCUT2D eigenvalue weighted by Gasteiger charge is -2.19. The average Bonchev–Trinajstić information content (AvgIpc) is 2.36. The second kappa shape index (κ2) is 11.8. The van der Waals surface area contributed by atoms with Gasteiger partial charge < -0.3 is 31.9 Å². The van der Waals surface area contributed by atoms with E-state index in [1.807, 2.05) is 7.05 Å². The number of hydrogen-bond acceptors (Lipinski definition) is 6. The monoisotopic (exact) mass is 262 g/mol. The maximum Gasteiger partial charge on any atom is 0.0788 e. The molecule has 0 saturated heterocycles. The predicted octanol–water partition coefficient (Wildman–Crippen LogP) is -1.68. The molecule has 0 amide bonds. The molecule has 110 valence electrons. The number of rotatable bonds is 12. The van der Waals surface area contributed by atoms with E-state index < -0.39 is 12.2 Å². The Hall–Kier alpha value is -0.240. The molecule has 0 radical (unpaired) electrons. The summed E-state index contributed by atoms with van der Waals surface area (Å²) in [6, 6.07) is 0. The molecule has 2 atom stereocenters. The minimum absolute atomic E-state index is 0.307. The van der Waals surface area contributed by atoms with E-state index in [2.05, 4.69) is 10.2 Å². The average molecular weight is 262 g/mol. The van der Waals surface area contributed by atoms with E-state index >= 15 is 0 Å². The van der Waals surface area contributed by atoms with Crippen LogP contribution < -0.4 is 16.8 Å². The number of nitrogens with zero attached hydrogens (tertiary/aromatic N) is 1. The summed E-state index contributed by atoms with van der Waals surface area (Å²) in [4.78, 5) is 2.10. The zero-order chi connectivity index (χ0) is 13.8.